The van der Waals surface area contributed by atoms with Crippen molar-refractivity contribution in [3.63, 3.8) is 0 Å². The molecule has 0 spiro atoms. The number of esters is 4. The van der Waals surface area contributed by atoms with Gasteiger partial charge >= 0.3 is 23.9 Å². The second-order valence-electron chi connectivity index (χ2n) is 6.01. The van der Waals surface area contributed by atoms with Crippen molar-refractivity contribution in [1.82, 2.24) is 4.98 Å². The van der Waals surface area contributed by atoms with Gasteiger partial charge in [-0.15, -0.1) is 0 Å². The van der Waals surface area contributed by atoms with Crippen LogP contribution in [0.1, 0.15) is 37.6 Å². The van der Waals surface area contributed by atoms with Gasteiger partial charge in [-0.1, -0.05) is 0 Å². The lowest BCUT2D eigenvalue weighted by molar-refractivity contribution is -0.252. The van der Waals surface area contributed by atoms with Crippen LogP contribution in [0.5, 0.6) is 0 Å². The molecule has 4 atom stereocenters. The van der Waals surface area contributed by atoms with Gasteiger partial charge in [0, 0.05) is 33.2 Å². The van der Waals surface area contributed by atoms with Crippen molar-refractivity contribution in [3.05, 3.63) is 30.1 Å². The minimum Gasteiger partial charge on any atom is -0.463 e. The quantitative estimate of drug-likeness (QED) is 0.503. The van der Waals surface area contributed by atoms with Gasteiger partial charge in [-0.25, -0.2) is 4.79 Å². The van der Waals surface area contributed by atoms with Gasteiger partial charge in [0.1, 0.15) is 18.8 Å². The summed E-state index contributed by atoms with van der Waals surface area (Å²) in [5.74, 6) is -2.53. The molecule has 2 heterocycles. The number of rotatable bonds is 6. The second kappa shape index (κ2) is 9.79. The predicted octanol–water partition coefficient (Wildman–Crippen LogP) is 0.780. The first kappa shape index (κ1) is 21.3. The lowest BCUT2D eigenvalue weighted by atomic mass is 10.0. The van der Waals surface area contributed by atoms with Crippen LogP contribution in [-0.2, 0) is 38.1 Å². The Morgan fingerprint density at radius 3 is 2.36 bits per heavy atom. The number of hydrogen-bond donors (Lipinski definition) is 0. The van der Waals surface area contributed by atoms with Crippen molar-refractivity contribution in [1.29, 1.82) is 0 Å². The highest BCUT2D eigenvalue weighted by molar-refractivity contribution is 5.89. The zero-order valence-electron chi connectivity index (χ0n) is 15.7. The number of carbonyl (C=O) groups excluding carboxylic acids is 4. The number of ether oxygens (including phenoxy) is 5. The number of nitrogens with zero attached hydrogens (tertiary/aromatic N) is 1. The monoisotopic (exact) mass is 395 g/mol. The van der Waals surface area contributed by atoms with Gasteiger partial charge in [0.25, 0.3) is 0 Å². The van der Waals surface area contributed by atoms with Crippen LogP contribution in [0.2, 0.25) is 0 Å². The topological polar surface area (TPSA) is 127 Å². The van der Waals surface area contributed by atoms with E-state index in [0.717, 1.165) is 0 Å². The second-order valence-corrected chi connectivity index (χ2v) is 6.01. The molecule has 10 heteroatoms. The smallest absolute Gasteiger partial charge is 0.342 e. The van der Waals surface area contributed by atoms with E-state index in [-0.39, 0.29) is 18.6 Å². The highest BCUT2D eigenvalue weighted by atomic mass is 16.7. The fourth-order valence-electron chi connectivity index (χ4n) is 2.64. The molecule has 0 aliphatic carbocycles. The molecule has 152 valence electrons. The summed E-state index contributed by atoms with van der Waals surface area (Å²) in [6.45, 7) is 3.29. The molecule has 2 rings (SSSR count). The number of aromatic nitrogens is 1. The maximum absolute atomic E-state index is 12.3. The molecule has 28 heavy (non-hydrogen) atoms. The van der Waals surface area contributed by atoms with E-state index in [1.54, 1.807) is 6.07 Å². The van der Waals surface area contributed by atoms with Crippen molar-refractivity contribution in [2.75, 3.05) is 6.61 Å². The van der Waals surface area contributed by atoms with Crippen molar-refractivity contribution in [2.24, 2.45) is 0 Å². The molecule has 1 fully saturated rings. The Kier molecular flexibility index (Phi) is 7.44. The summed E-state index contributed by atoms with van der Waals surface area (Å²) < 4.78 is 26.3. The van der Waals surface area contributed by atoms with Crippen LogP contribution in [0, 0.1) is 0 Å². The van der Waals surface area contributed by atoms with Gasteiger partial charge in [0.15, 0.2) is 6.10 Å². The van der Waals surface area contributed by atoms with Crippen LogP contribution in [0.15, 0.2) is 24.5 Å². The van der Waals surface area contributed by atoms with Gasteiger partial charge in [0.2, 0.25) is 6.29 Å². The standard InChI is InChI=1S/C18H21NO9/c1-10(20)24-9-15-17(26-12(3)22)14(25-11(2)21)7-16(27-15)28-18(23)13-5-4-6-19-8-13/h4-6,8,14-17H,7,9H2,1-3H3/t14-,15-,16-,17+/m1/s1. The molecule has 1 aromatic rings. The normalized spacial score (nSPS) is 24.0. The molecule has 1 aromatic heterocycles. The molecule has 1 saturated heterocycles. The molecular formula is C18H21NO9. The lowest BCUT2D eigenvalue weighted by Crippen LogP contribution is -2.54. The van der Waals surface area contributed by atoms with Crippen molar-refractivity contribution < 1.29 is 42.9 Å². The molecule has 0 bridgehead atoms. The van der Waals surface area contributed by atoms with E-state index < -0.39 is 48.5 Å². The third-order valence-corrected chi connectivity index (χ3v) is 3.69. The fraction of sp³-hybridized carbons (Fsp3) is 0.500. The van der Waals surface area contributed by atoms with E-state index in [9.17, 15) is 19.2 Å². The van der Waals surface area contributed by atoms with Gasteiger partial charge in [0.05, 0.1) is 12.0 Å². The average Bonchev–Trinajstić information content (AvgIpc) is 2.62. The molecular weight excluding hydrogens is 374 g/mol. The van der Waals surface area contributed by atoms with E-state index in [4.69, 9.17) is 23.7 Å². The minimum absolute atomic E-state index is 0.0693. The van der Waals surface area contributed by atoms with Gasteiger partial charge < -0.3 is 23.7 Å². The zero-order valence-corrected chi connectivity index (χ0v) is 15.7. The van der Waals surface area contributed by atoms with Crippen LogP contribution < -0.4 is 0 Å². The summed E-state index contributed by atoms with van der Waals surface area (Å²) in [5.41, 5.74) is 0.203. The summed E-state index contributed by atoms with van der Waals surface area (Å²) in [5, 5.41) is 0. The predicted molar refractivity (Wildman–Crippen MR) is 90.7 cm³/mol. The molecule has 1 aliphatic rings. The summed E-state index contributed by atoms with van der Waals surface area (Å²) in [7, 11) is 0. The Hall–Kier alpha value is -3.01. The van der Waals surface area contributed by atoms with E-state index in [1.165, 1.54) is 39.2 Å². The minimum atomic E-state index is -1.12. The van der Waals surface area contributed by atoms with Crippen LogP contribution >= 0.6 is 0 Å². The van der Waals surface area contributed by atoms with E-state index in [2.05, 4.69) is 4.98 Å². The highest BCUT2D eigenvalue weighted by Crippen LogP contribution is 2.27. The average molecular weight is 395 g/mol. The number of carbonyl (C=O) groups is 4. The maximum atomic E-state index is 12.3. The Morgan fingerprint density at radius 1 is 1.07 bits per heavy atom. The zero-order chi connectivity index (χ0) is 20.7. The van der Waals surface area contributed by atoms with Crippen LogP contribution in [0.4, 0.5) is 0 Å². The molecule has 0 radical (unpaired) electrons. The van der Waals surface area contributed by atoms with Crippen molar-refractivity contribution in [2.45, 2.75) is 51.8 Å². The number of pyridine rings is 1. The molecule has 0 unspecified atom stereocenters. The summed E-state index contributed by atoms with van der Waals surface area (Å²) >= 11 is 0. The lowest BCUT2D eigenvalue weighted by Gasteiger charge is -2.39. The van der Waals surface area contributed by atoms with Crippen molar-refractivity contribution >= 4 is 23.9 Å². The molecule has 0 aromatic carbocycles. The molecule has 0 saturated carbocycles. The van der Waals surface area contributed by atoms with E-state index >= 15 is 0 Å². The first-order valence-electron chi connectivity index (χ1n) is 8.50. The van der Waals surface area contributed by atoms with Crippen LogP contribution in [-0.4, -0.2) is 60.1 Å². The van der Waals surface area contributed by atoms with Crippen molar-refractivity contribution in [3.8, 4) is 0 Å². The largest absolute Gasteiger partial charge is 0.463 e. The Labute approximate surface area is 161 Å². The third kappa shape index (κ3) is 6.31. The summed E-state index contributed by atoms with van der Waals surface area (Å²) in [4.78, 5) is 50.2. The fourth-order valence-corrected chi connectivity index (χ4v) is 2.64. The number of hydrogen-bond acceptors (Lipinski definition) is 10. The third-order valence-electron chi connectivity index (χ3n) is 3.69. The Balaban J connectivity index is 2.18. The first-order valence-corrected chi connectivity index (χ1v) is 8.50. The van der Waals surface area contributed by atoms with E-state index in [1.807, 2.05) is 0 Å². The molecule has 0 N–H and O–H groups in total. The Bertz CT molecular complexity index is 721. The van der Waals surface area contributed by atoms with E-state index in [0.29, 0.717) is 0 Å². The summed E-state index contributed by atoms with van der Waals surface area (Å²) in [6, 6.07) is 3.08. The molecule has 1 aliphatic heterocycles. The van der Waals surface area contributed by atoms with Crippen LogP contribution in [0.25, 0.3) is 0 Å². The SMILES string of the molecule is CC(=O)OC[C@H]1O[C@H](OC(=O)c2cccnc2)C[C@@H](OC(C)=O)[C@@H]1OC(C)=O. The van der Waals surface area contributed by atoms with Crippen LogP contribution in [0.3, 0.4) is 0 Å². The highest BCUT2D eigenvalue weighted by Gasteiger charge is 2.45. The Morgan fingerprint density at radius 2 is 1.79 bits per heavy atom. The van der Waals surface area contributed by atoms with Gasteiger partial charge in [-0.05, 0) is 12.1 Å². The first-order chi connectivity index (χ1) is 13.3. The summed E-state index contributed by atoms with van der Waals surface area (Å²) in [6.07, 6.45) is -1.35. The molecule has 0 amide bonds. The van der Waals surface area contributed by atoms with Gasteiger partial charge in [-0.2, -0.15) is 0 Å². The maximum Gasteiger partial charge on any atom is 0.342 e. The molecule has 10 nitrogen and oxygen atoms in total. The van der Waals surface area contributed by atoms with Gasteiger partial charge in [-0.3, -0.25) is 19.4 Å².